The highest BCUT2D eigenvalue weighted by Gasteiger charge is 2.19. The summed E-state index contributed by atoms with van der Waals surface area (Å²) in [5.74, 6) is 0.289. The first-order valence-electron chi connectivity index (χ1n) is 6.95. The molecule has 3 nitrogen and oxygen atoms in total. The van der Waals surface area contributed by atoms with Gasteiger partial charge in [0.05, 0.1) is 5.92 Å². The van der Waals surface area contributed by atoms with Gasteiger partial charge in [-0.15, -0.1) is 0 Å². The molecule has 0 fully saturated rings. The third kappa shape index (κ3) is 4.35. The van der Waals surface area contributed by atoms with Crippen LogP contribution >= 0.6 is 0 Å². The van der Waals surface area contributed by atoms with Gasteiger partial charge in [-0.05, 0) is 44.0 Å². The largest absolute Gasteiger partial charge is 0.341 e. The fourth-order valence-corrected chi connectivity index (χ4v) is 2.22. The normalized spacial score (nSPS) is 12.3. The molecule has 0 aliphatic rings. The Labute approximate surface area is 117 Å². The van der Waals surface area contributed by atoms with Crippen molar-refractivity contribution >= 4 is 5.91 Å². The molecule has 0 heterocycles. The Hall–Kier alpha value is -1.35. The summed E-state index contributed by atoms with van der Waals surface area (Å²) >= 11 is 0. The Kier molecular flexibility index (Phi) is 6.03. The van der Waals surface area contributed by atoms with Crippen LogP contribution in [0.4, 0.5) is 0 Å². The second kappa shape index (κ2) is 7.29. The van der Waals surface area contributed by atoms with Crippen LogP contribution in [0.5, 0.6) is 0 Å². The molecule has 0 saturated carbocycles. The standard InChI is InChI=1S/C16H26N2O/c1-6-15(10-17-4)16(19)18(5)11-14-8-7-12(2)13(3)9-14/h7-9,15,17H,6,10-11H2,1-5H3. The van der Waals surface area contributed by atoms with Gasteiger partial charge in [0.2, 0.25) is 5.91 Å². The molecule has 106 valence electrons. The van der Waals surface area contributed by atoms with E-state index < -0.39 is 0 Å². The van der Waals surface area contributed by atoms with Crippen LogP contribution in [0.3, 0.4) is 0 Å². The number of nitrogens with zero attached hydrogens (tertiary/aromatic N) is 1. The van der Waals surface area contributed by atoms with Gasteiger partial charge in [0.1, 0.15) is 0 Å². The summed E-state index contributed by atoms with van der Waals surface area (Å²) in [6.45, 7) is 7.70. The van der Waals surface area contributed by atoms with Crippen LogP contribution in [0, 0.1) is 19.8 Å². The lowest BCUT2D eigenvalue weighted by atomic mass is 10.0. The van der Waals surface area contributed by atoms with Gasteiger partial charge in [-0.3, -0.25) is 4.79 Å². The molecule has 3 heteroatoms. The van der Waals surface area contributed by atoms with Gasteiger partial charge < -0.3 is 10.2 Å². The predicted octanol–water partition coefficient (Wildman–Crippen LogP) is 2.51. The quantitative estimate of drug-likeness (QED) is 0.854. The average molecular weight is 262 g/mol. The average Bonchev–Trinajstić information content (AvgIpc) is 2.39. The predicted molar refractivity (Wildman–Crippen MR) is 80.1 cm³/mol. The third-order valence-corrected chi connectivity index (χ3v) is 3.66. The van der Waals surface area contributed by atoms with E-state index in [1.807, 2.05) is 19.0 Å². The summed E-state index contributed by atoms with van der Waals surface area (Å²) in [4.78, 5) is 14.1. The Morgan fingerprint density at radius 3 is 2.53 bits per heavy atom. The second-order valence-electron chi connectivity index (χ2n) is 5.28. The maximum Gasteiger partial charge on any atom is 0.226 e. The molecule has 1 amide bonds. The van der Waals surface area contributed by atoms with Crippen molar-refractivity contribution in [1.29, 1.82) is 0 Å². The van der Waals surface area contributed by atoms with Crippen molar-refractivity contribution < 1.29 is 4.79 Å². The van der Waals surface area contributed by atoms with Crippen LogP contribution in [0.25, 0.3) is 0 Å². The van der Waals surface area contributed by atoms with Crippen molar-refractivity contribution in [2.45, 2.75) is 33.7 Å². The number of rotatable bonds is 6. The number of carbonyl (C=O) groups excluding carboxylic acids is 1. The van der Waals surface area contributed by atoms with Crippen LogP contribution in [0.2, 0.25) is 0 Å². The zero-order valence-corrected chi connectivity index (χ0v) is 12.8. The fraction of sp³-hybridized carbons (Fsp3) is 0.562. The second-order valence-corrected chi connectivity index (χ2v) is 5.28. The molecule has 0 spiro atoms. The minimum atomic E-state index is 0.0709. The zero-order chi connectivity index (χ0) is 14.4. The van der Waals surface area contributed by atoms with E-state index in [-0.39, 0.29) is 11.8 Å². The van der Waals surface area contributed by atoms with E-state index in [9.17, 15) is 4.79 Å². The van der Waals surface area contributed by atoms with Gasteiger partial charge in [0.15, 0.2) is 0 Å². The summed E-state index contributed by atoms with van der Waals surface area (Å²) in [5.41, 5.74) is 3.76. The molecular weight excluding hydrogens is 236 g/mol. The van der Waals surface area contributed by atoms with Crippen molar-refractivity contribution in [3.63, 3.8) is 0 Å². The number of benzene rings is 1. The molecule has 0 bridgehead atoms. The van der Waals surface area contributed by atoms with Crippen LogP contribution in [0.15, 0.2) is 18.2 Å². The van der Waals surface area contributed by atoms with Crippen molar-refractivity contribution in [2.24, 2.45) is 5.92 Å². The highest BCUT2D eigenvalue weighted by Crippen LogP contribution is 2.13. The van der Waals surface area contributed by atoms with Gasteiger partial charge in [0.25, 0.3) is 0 Å². The first-order valence-corrected chi connectivity index (χ1v) is 6.95. The molecule has 1 aromatic rings. The van der Waals surface area contributed by atoms with Gasteiger partial charge in [0, 0.05) is 20.1 Å². The molecule has 0 saturated heterocycles. The van der Waals surface area contributed by atoms with Crippen LogP contribution in [0.1, 0.15) is 30.0 Å². The van der Waals surface area contributed by atoms with Crippen molar-refractivity contribution in [1.82, 2.24) is 10.2 Å². The maximum absolute atomic E-state index is 12.3. The highest BCUT2D eigenvalue weighted by molar-refractivity contribution is 5.78. The summed E-state index contributed by atoms with van der Waals surface area (Å²) in [6, 6.07) is 6.39. The third-order valence-electron chi connectivity index (χ3n) is 3.66. The molecule has 1 rings (SSSR count). The van der Waals surface area contributed by atoms with E-state index in [1.165, 1.54) is 16.7 Å². The number of carbonyl (C=O) groups is 1. The first-order chi connectivity index (χ1) is 8.99. The Morgan fingerprint density at radius 2 is 2.00 bits per heavy atom. The SMILES string of the molecule is CCC(CNC)C(=O)N(C)Cc1ccc(C)c(C)c1. The first kappa shape index (κ1) is 15.7. The minimum absolute atomic E-state index is 0.0709. The number of aryl methyl sites for hydroxylation is 2. The Morgan fingerprint density at radius 1 is 1.32 bits per heavy atom. The van der Waals surface area contributed by atoms with Crippen molar-refractivity contribution in [3.8, 4) is 0 Å². The van der Waals surface area contributed by atoms with Crippen molar-refractivity contribution in [3.05, 3.63) is 34.9 Å². The Balaban J connectivity index is 2.69. The smallest absolute Gasteiger partial charge is 0.226 e. The summed E-state index contributed by atoms with van der Waals surface area (Å²) in [7, 11) is 3.77. The van der Waals surface area contributed by atoms with Gasteiger partial charge >= 0.3 is 0 Å². The summed E-state index contributed by atoms with van der Waals surface area (Å²) < 4.78 is 0. The van der Waals surface area contributed by atoms with Crippen LogP contribution < -0.4 is 5.32 Å². The molecule has 0 aromatic heterocycles. The summed E-state index contributed by atoms with van der Waals surface area (Å²) in [6.07, 6.45) is 0.872. The van der Waals surface area contributed by atoms with Crippen LogP contribution in [-0.2, 0) is 11.3 Å². The Bertz CT molecular complexity index is 429. The maximum atomic E-state index is 12.3. The molecule has 1 unspecified atom stereocenters. The van der Waals surface area contributed by atoms with E-state index in [1.54, 1.807) is 0 Å². The number of amides is 1. The lowest BCUT2D eigenvalue weighted by Gasteiger charge is -2.23. The van der Waals surface area contributed by atoms with E-state index in [0.29, 0.717) is 6.54 Å². The van der Waals surface area contributed by atoms with E-state index in [0.717, 1.165) is 13.0 Å². The number of hydrogen-bond donors (Lipinski definition) is 1. The molecule has 1 aromatic carbocycles. The lowest BCUT2D eigenvalue weighted by molar-refractivity contribution is -0.134. The highest BCUT2D eigenvalue weighted by atomic mass is 16.2. The summed E-state index contributed by atoms with van der Waals surface area (Å²) in [5, 5.41) is 3.09. The van der Waals surface area contributed by atoms with E-state index in [4.69, 9.17) is 0 Å². The molecule has 0 aliphatic heterocycles. The minimum Gasteiger partial charge on any atom is -0.341 e. The molecular formula is C16H26N2O. The molecule has 1 atom stereocenters. The van der Waals surface area contributed by atoms with E-state index >= 15 is 0 Å². The molecule has 0 radical (unpaired) electrons. The topological polar surface area (TPSA) is 32.3 Å². The molecule has 19 heavy (non-hydrogen) atoms. The number of nitrogens with one attached hydrogen (secondary N) is 1. The van der Waals surface area contributed by atoms with Gasteiger partial charge in [-0.2, -0.15) is 0 Å². The molecule has 1 N–H and O–H groups in total. The van der Waals surface area contributed by atoms with Crippen molar-refractivity contribution in [2.75, 3.05) is 20.6 Å². The zero-order valence-electron chi connectivity index (χ0n) is 12.8. The lowest BCUT2D eigenvalue weighted by Crippen LogP contribution is -2.36. The van der Waals surface area contributed by atoms with Gasteiger partial charge in [-0.1, -0.05) is 25.1 Å². The van der Waals surface area contributed by atoms with Crippen LogP contribution in [-0.4, -0.2) is 31.4 Å². The van der Waals surface area contributed by atoms with E-state index in [2.05, 4.69) is 44.3 Å². The monoisotopic (exact) mass is 262 g/mol. The molecule has 0 aliphatic carbocycles. The van der Waals surface area contributed by atoms with Gasteiger partial charge in [-0.25, -0.2) is 0 Å². The fourth-order valence-electron chi connectivity index (χ4n) is 2.22. The number of hydrogen-bond acceptors (Lipinski definition) is 2.